The van der Waals surface area contributed by atoms with Crippen molar-refractivity contribution in [2.45, 2.75) is 4.90 Å². The Kier molecular flexibility index (Phi) is 3.44. The zero-order chi connectivity index (χ0) is 14.9. The summed E-state index contributed by atoms with van der Waals surface area (Å²) in [6, 6.07) is 9.13. The van der Waals surface area contributed by atoms with Gasteiger partial charge in [0, 0.05) is 5.39 Å². The number of nitrogens with one attached hydrogen (secondary N) is 1. The molecule has 0 saturated heterocycles. The smallest absolute Gasteiger partial charge is 0.265 e. The molecule has 3 rings (SSSR count). The van der Waals surface area contributed by atoms with Gasteiger partial charge in [0.2, 0.25) is 5.28 Å². The quantitative estimate of drug-likeness (QED) is 0.749. The Morgan fingerprint density at radius 1 is 1.00 bits per heavy atom. The van der Waals surface area contributed by atoms with Crippen molar-refractivity contribution in [2.75, 3.05) is 4.72 Å². The number of pyridine rings is 1. The maximum atomic E-state index is 12.2. The Labute approximate surface area is 125 Å². The highest BCUT2D eigenvalue weighted by molar-refractivity contribution is 7.92. The van der Waals surface area contributed by atoms with Crippen LogP contribution in [-0.2, 0) is 10.0 Å². The Hall–Kier alpha value is -2.25. The van der Waals surface area contributed by atoms with Gasteiger partial charge in [-0.25, -0.2) is 18.4 Å². The Morgan fingerprint density at radius 2 is 1.71 bits per heavy atom. The Morgan fingerprint density at radius 3 is 2.48 bits per heavy atom. The van der Waals surface area contributed by atoms with Crippen molar-refractivity contribution in [2.24, 2.45) is 0 Å². The zero-order valence-corrected chi connectivity index (χ0v) is 12.1. The molecule has 1 aromatic carbocycles. The van der Waals surface area contributed by atoms with E-state index in [0.717, 1.165) is 23.3 Å². The molecule has 21 heavy (non-hydrogen) atoms. The molecule has 0 atom stereocenters. The lowest BCUT2D eigenvalue weighted by atomic mass is 10.2. The van der Waals surface area contributed by atoms with Crippen LogP contribution in [0.4, 0.5) is 5.69 Å². The van der Waals surface area contributed by atoms with Crippen LogP contribution >= 0.6 is 11.6 Å². The first-order valence-electron chi connectivity index (χ1n) is 5.90. The van der Waals surface area contributed by atoms with Crippen LogP contribution in [0, 0.1) is 0 Å². The van der Waals surface area contributed by atoms with E-state index in [1.165, 1.54) is 6.20 Å². The highest BCUT2D eigenvalue weighted by Gasteiger charge is 2.15. The molecule has 0 radical (unpaired) electrons. The van der Waals surface area contributed by atoms with Crippen molar-refractivity contribution < 1.29 is 8.42 Å². The van der Waals surface area contributed by atoms with Gasteiger partial charge in [-0.2, -0.15) is 0 Å². The third-order valence-corrected chi connectivity index (χ3v) is 4.28. The molecule has 2 heterocycles. The number of para-hydroxylation sites is 1. The standard InChI is InChI=1S/C13H9ClN4O2S/c14-13-16-7-11(8-17-13)21(19,20)18-10-5-9-3-1-2-4-12(9)15-6-10/h1-8,18H. The van der Waals surface area contributed by atoms with Crippen LogP contribution in [0.5, 0.6) is 0 Å². The van der Waals surface area contributed by atoms with E-state index in [-0.39, 0.29) is 10.2 Å². The molecular weight excluding hydrogens is 312 g/mol. The fraction of sp³-hybridized carbons (Fsp3) is 0. The number of benzene rings is 1. The number of hydrogen-bond donors (Lipinski definition) is 1. The molecule has 0 saturated carbocycles. The van der Waals surface area contributed by atoms with E-state index in [1.54, 1.807) is 6.07 Å². The monoisotopic (exact) mass is 320 g/mol. The molecule has 2 aromatic heterocycles. The topological polar surface area (TPSA) is 84.8 Å². The highest BCUT2D eigenvalue weighted by atomic mass is 35.5. The van der Waals surface area contributed by atoms with Crippen molar-refractivity contribution in [3.8, 4) is 0 Å². The van der Waals surface area contributed by atoms with E-state index >= 15 is 0 Å². The number of rotatable bonds is 3. The number of sulfonamides is 1. The van der Waals surface area contributed by atoms with Crippen molar-refractivity contribution in [1.82, 2.24) is 15.0 Å². The van der Waals surface area contributed by atoms with Gasteiger partial charge in [0.1, 0.15) is 4.90 Å². The molecule has 0 aliphatic rings. The Balaban J connectivity index is 1.95. The summed E-state index contributed by atoms with van der Waals surface area (Å²) in [5, 5.41) is 0.825. The second-order valence-electron chi connectivity index (χ2n) is 4.21. The van der Waals surface area contributed by atoms with Crippen LogP contribution in [0.2, 0.25) is 5.28 Å². The second kappa shape index (κ2) is 5.27. The molecule has 3 aromatic rings. The Bertz CT molecular complexity index is 897. The largest absolute Gasteiger partial charge is 0.278 e. The van der Waals surface area contributed by atoms with Crippen LogP contribution in [0.1, 0.15) is 0 Å². The fourth-order valence-corrected chi connectivity index (χ4v) is 2.80. The normalized spacial score (nSPS) is 11.5. The lowest BCUT2D eigenvalue weighted by Gasteiger charge is -2.08. The van der Waals surface area contributed by atoms with Gasteiger partial charge in [-0.15, -0.1) is 0 Å². The van der Waals surface area contributed by atoms with E-state index in [1.807, 2.05) is 24.3 Å². The van der Waals surface area contributed by atoms with Crippen LogP contribution in [0.3, 0.4) is 0 Å². The molecule has 0 bridgehead atoms. The molecule has 0 aliphatic heterocycles. The van der Waals surface area contributed by atoms with Crippen LogP contribution in [-0.4, -0.2) is 23.4 Å². The van der Waals surface area contributed by atoms with Crippen molar-refractivity contribution >= 4 is 38.2 Å². The van der Waals surface area contributed by atoms with E-state index in [0.29, 0.717) is 5.69 Å². The molecule has 0 aliphatic carbocycles. The third-order valence-electron chi connectivity index (χ3n) is 2.75. The van der Waals surface area contributed by atoms with Gasteiger partial charge < -0.3 is 0 Å². The lowest BCUT2D eigenvalue weighted by molar-refractivity contribution is 0.600. The predicted octanol–water partition coefficient (Wildman–Crippen LogP) is 2.48. The number of hydrogen-bond acceptors (Lipinski definition) is 5. The molecular formula is C13H9ClN4O2S. The number of anilines is 1. The van der Waals surface area contributed by atoms with Gasteiger partial charge in [-0.1, -0.05) is 18.2 Å². The molecule has 0 unspecified atom stereocenters. The first-order valence-corrected chi connectivity index (χ1v) is 7.76. The van der Waals surface area contributed by atoms with Crippen LogP contribution in [0.15, 0.2) is 53.8 Å². The van der Waals surface area contributed by atoms with Gasteiger partial charge in [-0.3, -0.25) is 9.71 Å². The summed E-state index contributed by atoms with van der Waals surface area (Å²) in [6.07, 6.45) is 3.74. The number of aromatic nitrogens is 3. The number of halogens is 1. The maximum Gasteiger partial charge on any atom is 0.265 e. The van der Waals surface area contributed by atoms with E-state index in [9.17, 15) is 8.42 Å². The van der Waals surface area contributed by atoms with Gasteiger partial charge in [0.15, 0.2) is 0 Å². The van der Waals surface area contributed by atoms with Gasteiger partial charge in [-0.05, 0) is 23.7 Å². The number of fused-ring (bicyclic) bond motifs is 1. The summed E-state index contributed by atoms with van der Waals surface area (Å²) in [5.74, 6) is 0. The summed E-state index contributed by atoms with van der Waals surface area (Å²) in [6.45, 7) is 0. The summed E-state index contributed by atoms with van der Waals surface area (Å²) >= 11 is 5.54. The molecule has 8 heteroatoms. The first kappa shape index (κ1) is 13.7. The zero-order valence-electron chi connectivity index (χ0n) is 10.6. The summed E-state index contributed by atoms with van der Waals surface area (Å²) in [4.78, 5) is 11.4. The third kappa shape index (κ3) is 2.93. The maximum absolute atomic E-state index is 12.2. The van der Waals surface area contributed by atoms with Gasteiger partial charge in [0.05, 0.1) is 29.8 Å². The summed E-state index contributed by atoms with van der Waals surface area (Å²) in [5.41, 5.74) is 1.15. The lowest BCUT2D eigenvalue weighted by Crippen LogP contribution is -2.13. The molecule has 0 amide bonds. The second-order valence-corrected chi connectivity index (χ2v) is 6.23. The average molecular weight is 321 g/mol. The minimum absolute atomic E-state index is 0.0127. The average Bonchev–Trinajstić information content (AvgIpc) is 2.47. The summed E-state index contributed by atoms with van der Waals surface area (Å²) < 4.78 is 26.8. The van der Waals surface area contributed by atoms with Gasteiger partial charge >= 0.3 is 0 Å². The minimum Gasteiger partial charge on any atom is -0.278 e. The molecule has 0 spiro atoms. The van der Waals surface area contributed by atoms with Crippen LogP contribution in [0.25, 0.3) is 10.9 Å². The molecule has 6 nitrogen and oxygen atoms in total. The molecule has 106 valence electrons. The highest BCUT2D eigenvalue weighted by Crippen LogP contribution is 2.19. The van der Waals surface area contributed by atoms with Crippen LogP contribution < -0.4 is 4.72 Å². The first-order chi connectivity index (χ1) is 10.0. The molecule has 0 fully saturated rings. The predicted molar refractivity (Wildman–Crippen MR) is 79.6 cm³/mol. The van der Waals surface area contributed by atoms with Gasteiger partial charge in [0.25, 0.3) is 10.0 Å². The van der Waals surface area contributed by atoms with Crippen molar-refractivity contribution in [3.63, 3.8) is 0 Å². The van der Waals surface area contributed by atoms with Crippen molar-refractivity contribution in [3.05, 3.63) is 54.2 Å². The minimum atomic E-state index is -3.77. The summed E-state index contributed by atoms with van der Waals surface area (Å²) in [7, 11) is -3.77. The fourth-order valence-electron chi connectivity index (χ4n) is 1.78. The molecule has 1 N–H and O–H groups in total. The SMILES string of the molecule is O=S(=O)(Nc1cnc2ccccc2c1)c1cnc(Cl)nc1. The van der Waals surface area contributed by atoms with Crippen molar-refractivity contribution in [1.29, 1.82) is 0 Å². The number of nitrogens with zero attached hydrogens (tertiary/aromatic N) is 3. The van der Waals surface area contributed by atoms with E-state index in [4.69, 9.17) is 11.6 Å². The van der Waals surface area contributed by atoms with E-state index in [2.05, 4.69) is 19.7 Å². The van der Waals surface area contributed by atoms with E-state index < -0.39 is 10.0 Å².